The quantitative estimate of drug-likeness (QED) is 0.746. The van der Waals surface area contributed by atoms with Gasteiger partial charge < -0.3 is 5.32 Å². The summed E-state index contributed by atoms with van der Waals surface area (Å²) in [6.45, 7) is 2.13. The van der Waals surface area contributed by atoms with Crippen molar-refractivity contribution in [2.24, 2.45) is 0 Å². The molecule has 4 heteroatoms. The van der Waals surface area contributed by atoms with Crippen LogP contribution in [0.15, 0.2) is 40.9 Å². The highest BCUT2D eigenvalue weighted by atomic mass is 79.9. The summed E-state index contributed by atoms with van der Waals surface area (Å²) in [5.41, 5.74) is 2.97. The van der Waals surface area contributed by atoms with Gasteiger partial charge in [-0.15, -0.1) is 0 Å². The predicted octanol–water partition coefficient (Wildman–Crippen LogP) is 4.99. The maximum atomic E-state index is 13.8. The second-order valence-electron chi connectivity index (χ2n) is 4.98. The lowest BCUT2D eigenvalue weighted by atomic mass is 9.96. The fourth-order valence-corrected chi connectivity index (χ4v) is 3.03. The molecule has 1 nitrogen and oxygen atoms in total. The van der Waals surface area contributed by atoms with Crippen LogP contribution in [0.2, 0.25) is 0 Å². The average Bonchev–Trinajstić information content (AvgIpc) is 2.49. The Balaban J connectivity index is 2.44. The van der Waals surface area contributed by atoms with E-state index in [-0.39, 0.29) is 10.5 Å². The molecular weight excluding hydrogens is 336 g/mol. The van der Waals surface area contributed by atoms with Gasteiger partial charge in [-0.3, -0.25) is 0 Å². The first kappa shape index (κ1) is 16.1. The van der Waals surface area contributed by atoms with E-state index in [2.05, 4.69) is 40.3 Å². The third-order valence-corrected chi connectivity index (χ3v) is 4.29. The van der Waals surface area contributed by atoms with E-state index in [1.165, 1.54) is 5.56 Å². The molecule has 112 valence electrons. The molecule has 0 saturated heterocycles. The molecular formula is C17H18BrF2N. The lowest BCUT2D eigenvalue weighted by molar-refractivity contribution is 0.499. The van der Waals surface area contributed by atoms with Crippen LogP contribution in [0.25, 0.3) is 0 Å². The zero-order chi connectivity index (χ0) is 15.4. The van der Waals surface area contributed by atoms with Crippen LogP contribution in [0, 0.1) is 11.6 Å². The van der Waals surface area contributed by atoms with Crippen molar-refractivity contribution in [3.05, 3.63) is 69.2 Å². The maximum Gasteiger partial charge on any atom is 0.173 e. The molecule has 0 aromatic heterocycles. The van der Waals surface area contributed by atoms with Gasteiger partial charge in [0.2, 0.25) is 0 Å². The van der Waals surface area contributed by atoms with Crippen LogP contribution < -0.4 is 5.32 Å². The zero-order valence-corrected chi connectivity index (χ0v) is 13.7. The highest BCUT2D eigenvalue weighted by molar-refractivity contribution is 9.10. The molecule has 0 aliphatic carbocycles. The number of aryl methyl sites for hydroxylation is 1. The van der Waals surface area contributed by atoms with Crippen LogP contribution in [0.5, 0.6) is 0 Å². The van der Waals surface area contributed by atoms with Crippen molar-refractivity contribution in [2.45, 2.75) is 25.8 Å². The molecule has 0 heterocycles. The van der Waals surface area contributed by atoms with E-state index in [0.29, 0.717) is 5.56 Å². The first-order valence-electron chi connectivity index (χ1n) is 6.98. The number of hydrogen-bond acceptors (Lipinski definition) is 1. The third kappa shape index (κ3) is 3.50. The van der Waals surface area contributed by atoms with Gasteiger partial charge in [-0.1, -0.05) is 43.7 Å². The molecule has 0 fully saturated rings. The minimum Gasteiger partial charge on any atom is -0.309 e. The largest absolute Gasteiger partial charge is 0.309 e. The van der Waals surface area contributed by atoms with Crippen LogP contribution >= 0.6 is 15.9 Å². The average molecular weight is 354 g/mol. The monoisotopic (exact) mass is 353 g/mol. The molecule has 21 heavy (non-hydrogen) atoms. The lowest BCUT2D eigenvalue weighted by Gasteiger charge is -2.20. The summed E-state index contributed by atoms with van der Waals surface area (Å²) >= 11 is 3.16. The third-order valence-electron chi connectivity index (χ3n) is 3.49. The van der Waals surface area contributed by atoms with Crippen molar-refractivity contribution in [3.63, 3.8) is 0 Å². The lowest BCUT2D eigenvalue weighted by Crippen LogP contribution is -2.19. The number of halogens is 3. The van der Waals surface area contributed by atoms with E-state index in [1.807, 2.05) is 19.2 Å². The van der Waals surface area contributed by atoms with Crippen molar-refractivity contribution in [1.29, 1.82) is 0 Å². The first-order chi connectivity index (χ1) is 10.1. The summed E-state index contributed by atoms with van der Waals surface area (Å²) in [7, 11) is 1.81. The van der Waals surface area contributed by atoms with Gasteiger partial charge in [-0.25, -0.2) is 8.78 Å². The summed E-state index contributed by atoms with van der Waals surface area (Å²) in [6.07, 6.45) is 2.08. The summed E-state index contributed by atoms with van der Waals surface area (Å²) in [5.74, 6) is -1.70. The molecule has 0 radical (unpaired) electrons. The van der Waals surface area contributed by atoms with Gasteiger partial charge in [-0.05, 0) is 52.2 Å². The molecule has 2 rings (SSSR count). The molecule has 0 spiro atoms. The molecule has 1 atom stereocenters. The Hall–Kier alpha value is -1.26. The Labute approximate surface area is 132 Å². The van der Waals surface area contributed by atoms with Crippen LogP contribution in [0.3, 0.4) is 0 Å². The van der Waals surface area contributed by atoms with Gasteiger partial charge in [0.25, 0.3) is 0 Å². The summed E-state index contributed by atoms with van der Waals surface area (Å²) in [5, 5.41) is 3.17. The smallest absolute Gasteiger partial charge is 0.173 e. The second-order valence-corrected chi connectivity index (χ2v) is 5.77. The van der Waals surface area contributed by atoms with E-state index in [0.717, 1.165) is 24.5 Å². The molecule has 0 saturated carbocycles. The second kappa shape index (κ2) is 7.14. The molecule has 1 unspecified atom stereocenters. The van der Waals surface area contributed by atoms with E-state index in [4.69, 9.17) is 0 Å². The SMILES string of the molecule is CCCc1cccc(C(NC)c2ccc(F)c(F)c2Br)c1. The van der Waals surface area contributed by atoms with Gasteiger partial charge in [0.05, 0.1) is 10.5 Å². The van der Waals surface area contributed by atoms with E-state index in [9.17, 15) is 8.78 Å². The van der Waals surface area contributed by atoms with Crippen LogP contribution in [0.4, 0.5) is 8.78 Å². The van der Waals surface area contributed by atoms with Crippen LogP contribution in [0.1, 0.15) is 36.1 Å². The molecule has 1 N–H and O–H groups in total. The Morgan fingerprint density at radius 3 is 2.62 bits per heavy atom. The Bertz CT molecular complexity index is 628. The Morgan fingerprint density at radius 1 is 1.19 bits per heavy atom. The normalized spacial score (nSPS) is 12.4. The molecule has 0 aliphatic heterocycles. The van der Waals surface area contributed by atoms with Crippen molar-refractivity contribution in [2.75, 3.05) is 7.05 Å². The van der Waals surface area contributed by atoms with Gasteiger partial charge in [0.15, 0.2) is 11.6 Å². The van der Waals surface area contributed by atoms with Crippen LogP contribution in [-0.2, 0) is 6.42 Å². The standard InChI is InChI=1S/C17H18BrF2N/c1-3-5-11-6-4-7-12(10-11)17(21-2)13-8-9-14(19)16(20)15(13)18/h4,6-10,17,21H,3,5H2,1-2H3. The number of rotatable bonds is 5. The molecule has 0 amide bonds. The number of nitrogens with one attached hydrogen (secondary N) is 1. The summed E-state index contributed by atoms with van der Waals surface area (Å²) in [4.78, 5) is 0. The molecule has 2 aromatic rings. The fourth-order valence-electron chi connectivity index (χ4n) is 2.48. The van der Waals surface area contributed by atoms with Crippen molar-refractivity contribution in [3.8, 4) is 0 Å². The molecule has 0 aliphatic rings. The van der Waals surface area contributed by atoms with E-state index in [1.54, 1.807) is 6.07 Å². The van der Waals surface area contributed by atoms with Gasteiger partial charge in [0.1, 0.15) is 0 Å². The number of hydrogen-bond donors (Lipinski definition) is 1. The van der Waals surface area contributed by atoms with E-state index >= 15 is 0 Å². The fraction of sp³-hybridized carbons (Fsp3) is 0.294. The van der Waals surface area contributed by atoms with E-state index < -0.39 is 11.6 Å². The zero-order valence-electron chi connectivity index (χ0n) is 12.1. The Kier molecular flexibility index (Phi) is 5.48. The minimum atomic E-state index is -0.850. The molecule has 2 aromatic carbocycles. The number of benzene rings is 2. The predicted molar refractivity (Wildman–Crippen MR) is 85.4 cm³/mol. The first-order valence-corrected chi connectivity index (χ1v) is 7.77. The minimum absolute atomic E-state index is 0.169. The van der Waals surface area contributed by atoms with Crippen molar-refractivity contribution >= 4 is 15.9 Å². The summed E-state index contributed by atoms with van der Waals surface area (Å²) < 4.78 is 27.2. The van der Waals surface area contributed by atoms with Gasteiger partial charge in [-0.2, -0.15) is 0 Å². The highest BCUT2D eigenvalue weighted by Gasteiger charge is 2.19. The van der Waals surface area contributed by atoms with Crippen LogP contribution in [-0.4, -0.2) is 7.05 Å². The topological polar surface area (TPSA) is 12.0 Å². The summed E-state index contributed by atoms with van der Waals surface area (Å²) in [6, 6.07) is 10.8. The van der Waals surface area contributed by atoms with Crippen molar-refractivity contribution < 1.29 is 8.78 Å². The van der Waals surface area contributed by atoms with Gasteiger partial charge >= 0.3 is 0 Å². The van der Waals surface area contributed by atoms with Crippen molar-refractivity contribution in [1.82, 2.24) is 5.32 Å². The van der Waals surface area contributed by atoms with Gasteiger partial charge in [0, 0.05) is 0 Å². The maximum absolute atomic E-state index is 13.8. The highest BCUT2D eigenvalue weighted by Crippen LogP contribution is 2.31. The molecule has 0 bridgehead atoms. The Morgan fingerprint density at radius 2 is 1.95 bits per heavy atom.